The van der Waals surface area contributed by atoms with E-state index in [0.717, 1.165) is 19.5 Å². The first-order chi connectivity index (χ1) is 10.0. The van der Waals surface area contributed by atoms with Gasteiger partial charge >= 0.3 is 0 Å². The molecule has 118 valence electrons. The molecular weight excluding hydrogens is 290 g/mol. The van der Waals surface area contributed by atoms with Crippen LogP contribution in [-0.4, -0.2) is 51.6 Å². The first-order valence-electron chi connectivity index (χ1n) is 7.01. The van der Waals surface area contributed by atoms with Crippen LogP contribution in [0.2, 0.25) is 5.02 Å². The molecule has 0 aliphatic rings. The molecule has 1 amide bonds. The van der Waals surface area contributed by atoms with Gasteiger partial charge in [0.1, 0.15) is 5.75 Å². The zero-order valence-corrected chi connectivity index (χ0v) is 13.7. The van der Waals surface area contributed by atoms with Crippen LogP contribution in [0.4, 0.5) is 5.69 Å². The van der Waals surface area contributed by atoms with Crippen molar-refractivity contribution >= 4 is 23.2 Å². The summed E-state index contributed by atoms with van der Waals surface area (Å²) >= 11 is 5.92. The van der Waals surface area contributed by atoms with E-state index in [0.29, 0.717) is 29.4 Å². The van der Waals surface area contributed by atoms with Crippen LogP contribution in [0.3, 0.4) is 0 Å². The number of benzene rings is 1. The molecule has 0 atom stereocenters. The molecule has 1 rings (SSSR count). The Morgan fingerprint density at radius 1 is 1.33 bits per heavy atom. The molecule has 6 heteroatoms. The zero-order chi connectivity index (χ0) is 15.7. The van der Waals surface area contributed by atoms with Gasteiger partial charge in [0.25, 0.3) is 0 Å². The Hall–Kier alpha value is -1.30. The number of anilines is 1. The molecule has 5 nitrogen and oxygen atoms in total. The summed E-state index contributed by atoms with van der Waals surface area (Å²) in [6, 6.07) is 5.14. The fourth-order valence-corrected chi connectivity index (χ4v) is 2.01. The van der Waals surface area contributed by atoms with Crippen LogP contribution >= 0.6 is 11.6 Å². The number of carbonyl (C=O) groups excluding carboxylic acids is 1. The highest BCUT2D eigenvalue weighted by atomic mass is 35.5. The van der Waals surface area contributed by atoms with Crippen LogP contribution in [0.15, 0.2) is 18.2 Å². The monoisotopic (exact) mass is 313 g/mol. The van der Waals surface area contributed by atoms with Gasteiger partial charge in [-0.15, -0.1) is 0 Å². The number of halogens is 1. The Labute approximate surface area is 131 Å². The number of ether oxygens (including phenoxy) is 1. The van der Waals surface area contributed by atoms with Crippen LogP contribution in [0.25, 0.3) is 0 Å². The van der Waals surface area contributed by atoms with Gasteiger partial charge in [-0.05, 0) is 51.8 Å². The van der Waals surface area contributed by atoms with Gasteiger partial charge in [-0.2, -0.15) is 0 Å². The smallest absolute Gasteiger partial charge is 0.225 e. The normalized spacial score (nSPS) is 10.7. The first-order valence-corrected chi connectivity index (χ1v) is 7.39. The molecule has 0 bridgehead atoms. The third-order valence-electron chi connectivity index (χ3n) is 2.92. The maximum Gasteiger partial charge on any atom is 0.225 e. The Morgan fingerprint density at radius 2 is 2.10 bits per heavy atom. The number of nitrogens with zero attached hydrogens (tertiary/aromatic N) is 1. The molecule has 0 saturated carbocycles. The summed E-state index contributed by atoms with van der Waals surface area (Å²) in [6.45, 7) is 2.60. The lowest BCUT2D eigenvalue weighted by molar-refractivity contribution is -0.116. The number of carbonyl (C=O) groups is 1. The van der Waals surface area contributed by atoms with Gasteiger partial charge in [-0.25, -0.2) is 0 Å². The van der Waals surface area contributed by atoms with E-state index in [2.05, 4.69) is 15.5 Å². The Bertz CT molecular complexity index is 453. The minimum absolute atomic E-state index is 0.0596. The van der Waals surface area contributed by atoms with Crippen molar-refractivity contribution in [1.82, 2.24) is 10.2 Å². The maximum atomic E-state index is 11.9. The van der Waals surface area contributed by atoms with E-state index in [9.17, 15) is 4.79 Å². The second-order valence-electron chi connectivity index (χ2n) is 5.05. The molecule has 0 aliphatic carbocycles. The molecule has 21 heavy (non-hydrogen) atoms. The predicted molar refractivity (Wildman–Crippen MR) is 87.3 cm³/mol. The molecule has 0 spiro atoms. The van der Waals surface area contributed by atoms with Crippen LogP contribution < -0.4 is 15.4 Å². The number of methoxy groups -OCH3 is 1. The first kappa shape index (κ1) is 17.8. The molecule has 2 N–H and O–H groups in total. The van der Waals surface area contributed by atoms with E-state index in [1.807, 2.05) is 14.1 Å². The zero-order valence-electron chi connectivity index (χ0n) is 12.9. The van der Waals surface area contributed by atoms with Crippen LogP contribution in [0, 0.1) is 0 Å². The summed E-state index contributed by atoms with van der Waals surface area (Å²) in [7, 11) is 5.66. The summed E-state index contributed by atoms with van der Waals surface area (Å²) in [5.41, 5.74) is 0.600. The molecule has 0 unspecified atom stereocenters. The highest BCUT2D eigenvalue weighted by Crippen LogP contribution is 2.27. The van der Waals surface area contributed by atoms with Gasteiger partial charge in [0, 0.05) is 18.0 Å². The number of amides is 1. The Morgan fingerprint density at radius 3 is 2.76 bits per heavy atom. The van der Waals surface area contributed by atoms with Crippen molar-refractivity contribution in [2.75, 3.05) is 46.2 Å². The molecule has 1 aromatic carbocycles. The fraction of sp³-hybridized carbons (Fsp3) is 0.533. The standard InChI is InChI=1S/C15H24ClN3O2/c1-19(2)10-4-8-17-9-7-15(20)18-13-11-12(16)5-6-14(13)21-3/h5-6,11,17H,4,7-10H2,1-3H3,(H,18,20). The summed E-state index contributed by atoms with van der Waals surface area (Å²) in [6.07, 6.45) is 1.48. The van der Waals surface area contributed by atoms with Crippen molar-refractivity contribution in [3.8, 4) is 5.75 Å². The van der Waals surface area contributed by atoms with Crippen molar-refractivity contribution in [2.45, 2.75) is 12.8 Å². The molecule has 0 radical (unpaired) electrons. The summed E-state index contributed by atoms with van der Waals surface area (Å²) in [5.74, 6) is 0.544. The van der Waals surface area contributed by atoms with Crippen molar-refractivity contribution < 1.29 is 9.53 Å². The van der Waals surface area contributed by atoms with Crippen molar-refractivity contribution in [3.63, 3.8) is 0 Å². The van der Waals surface area contributed by atoms with Gasteiger partial charge in [0.2, 0.25) is 5.91 Å². The second kappa shape index (κ2) is 9.60. The van der Waals surface area contributed by atoms with E-state index in [-0.39, 0.29) is 5.91 Å². The van der Waals surface area contributed by atoms with Crippen LogP contribution in [0.1, 0.15) is 12.8 Å². The number of rotatable bonds is 9. The fourth-order valence-electron chi connectivity index (χ4n) is 1.84. The average Bonchev–Trinajstić information content (AvgIpc) is 2.42. The third kappa shape index (κ3) is 7.32. The van der Waals surface area contributed by atoms with Crippen molar-refractivity contribution in [3.05, 3.63) is 23.2 Å². The summed E-state index contributed by atoms with van der Waals surface area (Å²) in [5, 5.41) is 6.63. The minimum Gasteiger partial charge on any atom is -0.495 e. The van der Waals surface area contributed by atoms with Gasteiger partial charge in [0.15, 0.2) is 0 Å². The van der Waals surface area contributed by atoms with Gasteiger partial charge in [-0.1, -0.05) is 11.6 Å². The lowest BCUT2D eigenvalue weighted by Gasteiger charge is -2.11. The van der Waals surface area contributed by atoms with E-state index < -0.39 is 0 Å². The van der Waals surface area contributed by atoms with Crippen molar-refractivity contribution in [1.29, 1.82) is 0 Å². The van der Waals surface area contributed by atoms with Gasteiger partial charge < -0.3 is 20.3 Å². The lowest BCUT2D eigenvalue weighted by Crippen LogP contribution is -2.25. The van der Waals surface area contributed by atoms with Gasteiger partial charge in [0.05, 0.1) is 12.8 Å². The molecule has 1 aromatic rings. The largest absolute Gasteiger partial charge is 0.495 e. The molecule has 0 saturated heterocycles. The number of hydrogen-bond donors (Lipinski definition) is 2. The molecule has 0 heterocycles. The Kier molecular flexibility index (Phi) is 8.12. The average molecular weight is 314 g/mol. The number of hydrogen-bond acceptors (Lipinski definition) is 4. The second-order valence-corrected chi connectivity index (χ2v) is 5.49. The maximum absolute atomic E-state index is 11.9. The SMILES string of the molecule is COc1ccc(Cl)cc1NC(=O)CCNCCCN(C)C. The Balaban J connectivity index is 2.29. The van der Waals surface area contributed by atoms with Crippen molar-refractivity contribution in [2.24, 2.45) is 0 Å². The van der Waals surface area contributed by atoms with E-state index in [1.165, 1.54) is 0 Å². The summed E-state index contributed by atoms with van der Waals surface area (Å²) < 4.78 is 5.19. The molecule has 0 aromatic heterocycles. The highest BCUT2D eigenvalue weighted by Gasteiger charge is 2.08. The quantitative estimate of drug-likeness (QED) is 0.686. The molecule has 0 aliphatic heterocycles. The third-order valence-corrected chi connectivity index (χ3v) is 3.16. The molecule has 0 fully saturated rings. The van der Waals surface area contributed by atoms with E-state index in [1.54, 1.807) is 25.3 Å². The minimum atomic E-state index is -0.0596. The van der Waals surface area contributed by atoms with Crippen LogP contribution in [-0.2, 0) is 4.79 Å². The van der Waals surface area contributed by atoms with Gasteiger partial charge in [-0.3, -0.25) is 4.79 Å². The lowest BCUT2D eigenvalue weighted by atomic mass is 10.2. The molecular formula is C15H24ClN3O2. The van der Waals surface area contributed by atoms with E-state index >= 15 is 0 Å². The summed E-state index contributed by atoms with van der Waals surface area (Å²) in [4.78, 5) is 14.0. The predicted octanol–water partition coefficient (Wildman–Crippen LogP) is 2.22. The topological polar surface area (TPSA) is 53.6 Å². The van der Waals surface area contributed by atoms with Crippen LogP contribution in [0.5, 0.6) is 5.75 Å². The number of nitrogens with one attached hydrogen (secondary N) is 2. The van der Waals surface area contributed by atoms with E-state index in [4.69, 9.17) is 16.3 Å². The highest BCUT2D eigenvalue weighted by molar-refractivity contribution is 6.31.